The lowest BCUT2D eigenvalue weighted by molar-refractivity contribution is 0.0921. The highest BCUT2D eigenvalue weighted by Gasteiger charge is 2.08. The second kappa shape index (κ2) is 5.80. The van der Waals surface area contributed by atoms with Crippen molar-refractivity contribution < 1.29 is 18.3 Å². The zero-order valence-corrected chi connectivity index (χ0v) is 10.5. The summed E-state index contributed by atoms with van der Waals surface area (Å²) in [6.07, 6.45) is 0. The number of ether oxygens (including phenoxy) is 1. The molecule has 0 spiro atoms. The summed E-state index contributed by atoms with van der Waals surface area (Å²) in [4.78, 5) is 11.7. The highest BCUT2D eigenvalue weighted by atomic mass is 35.5. The Morgan fingerprint density at radius 3 is 2.21 bits per heavy atom. The van der Waals surface area contributed by atoms with Crippen molar-refractivity contribution in [3.8, 4) is 5.75 Å². The Hall–Kier alpha value is -1.94. The molecule has 0 saturated carbocycles. The van der Waals surface area contributed by atoms with Crippen LogP contribution in [-0.2, 0) is 0 Å². The van der Waals surface area contributed by atoms with Gasteiger partial charge in [-0.15, -0.1) is 0 Å². The van der Waals surface area contributed by atoms with Crippen LogP contribution < -0.4 is 4.74 Å². The van der Waals surface area contributed by atoms with E-state index in [2.05, 4.69) is 0 Å². The predicted octanol–water partition coefficient (Wildman–Crippen LogP) is 3.88. The maximum absolute atomic E-state index is 12.9. The fourth-order valence-electron chi connectivity index (χ4n) is 1.48. The van der Waals surface area contributed by atoms with E-state index in [1.54, 1.807) is 24.3 Å². The van der Waals surface area contributed by atoms with E-state index in [1.807, 2.05) is 0 Å². The number of benzene rings is 2. The number of hydrogen-bond acceptors (Lipinski definition) is 2. The number of carbonyl (C=O) groups excluding carboxylic acids is 1. The minimum Gasteiger partial charge on any atom is -0.485 e. The van der Waals surface area contributed by atoms with Gasteiger partial charge in [0.05, 0.1) is 0 Å². The minimum absolute atomic E-state index is 0.0280. The molecule has 0 heterocycles. The number of hydrogen-bond donors (Lipinski definition) is 0. The lowest BCUT2D eigenvalue weighted by atomic mass is 10.1. The van der Waals surface area contributed by atoms with Gasteiger partial charge in [-0.3, -0.25) is 4.79 Å². The number of ketones is 1. The summed E-state index contributed by atoms with van der Waals surface area (Å²) in [6.45, 7) is -0.301. The van der Waals surface area contributed by atoms with Crippen LogP contribution in [0.15, 0.2) is 42.5 Å². The van der Waals surface area contributed by atoms with E-state index in [9.17, 15) is 13.6 Å². The first kappa shape index (κ1) is 13.5. The van der Waals surface area contributed by atoms with Crippen molar-refractivity contribution >= 4 is 17.4 Å². The monoisotopic (exact) mass is 282 g/mol. The molecule has 2 aromatic carbocycles. The first-order chi connectivity index (χ1) is 9.04. The molecule has 0 aliphatic rings. The van der Waals surface area contributed by atoms with Crippen LogP contribution in [0.3, 0.4) is 0 Å². The third-order valence-corrected chi connectivity index (χ3v) is 2.62. The summed E-state index contributed by atoms with van der Waals surface area (Å²) in [6, 6.07) is 9.03. The highest BCUT2D eigenvalue weighted by molar-refractivity contribution is 6.30. The second-order valence-electron chi connectivity index (χ2n) is 3.82. The number of halogens is 3. The van der Waals surface area contributed by atoms with Crippen LogP contribution in [0.25, 0.3) is 0 Å². The van der Waals surface area contributed by atoms with E-state index in [1.165, 1.54) is 0 Å². The minimum atomic E-state index is -0.756. The van der Waals surface area contributed by atoms with Gasteiger partial charge in [-0.2, -0.15) is 0 Å². The summed E-state index contributed by atoms with van der Waals surface area (Å²) in [5.74, 6) is -1.84. The molecule has 2 nitrogen and oxygen atoms in total. The van der Waals surface area contributed by atoms with Gasteiger partial charge in [0.15, 0.2) is 12.4 Å². The summed E-state index contributed by atoms with van der Waals surface area (Å²) in [5, 5.41) is 0.518. The zero-order chi connectivity index (χ0) is 13.8. The largest absolute Gasteiger partial charge is 0.485 e. The third-order valence-electron chi connectivity index (χ3n) is 2.37. The first-order valence-electron chi connectivity index (χ1n) is 5.42. The maximum Gasteiger partial charge on any atom is 0.200 e. The third kappa shape index (κ3) is 3.76. The average molecular weight is 283 g/mol. The predicted molar refractivity (Wildman–Crippen MR) is 67.6 cm³/mol. The molecule has 0 amide bonds. The van der Waals surface area contributed by atoms with Crippen LogP contribution >= 0.6 is 11.6 Å². The Labute approximate surface area is 113 Å². The van der Waals surface area contributed by atoms with Crippen molar-refractivity contribution in [2.24, 2.45) is 0 Å². The van der Waals surface area contributed by atoms with E-state index >= 15 is 0 Å². The Morgan fingerprint density at radius 2 is 1.63 bits per heavy atom. The molecule has 19 heavy (non-hydrogen) atoms. The van der Waals surface area contributed by atoms with Gasteiger partial charge in [0.25, 0.3) is 0 Å². The van der Waals surface area contributed by atoms with Crippen LogP contribution in [0, 0.1) is 11.6 Å². The van der Waals surface area contributed by atoms with Crippen molar-refractivity contribution in [1.82, 2.24) is 0 Å². The Balaban J connectivity index is 2.02. The van der Waals surface area contributed by atoms with E-state index in [4.69, 9.17) is 16.3 Å². The van der Waals surface area contributed by atoms with Crippen LogP contribution in [0.5, 0.6) is 5.75 Å². The van der Waals surface area contributed by atoms with E-state index in [-0.39, 0.29) is 18.1 Å². The summed E-state index contributed by atoms with van der Waals surface area (Å²) in [7, 11) is 0. The molecule has 2 rings (SSSR count). The lowest BCUT2D eigenvalue weighted by Crippen LogP contribution is -2.11. The fourth-order valence-corrected chi connectivity index (χ4v) is 1.61. The lowest BCUT2D eigenvalue weighted by Gasteiger charge is -2.06. The van der Waals surface area contributed by atoms with Crippen molar-refractivity contribution in [2.75, 3.05) is 6.61 Å². The van der Waals surface area contributed by atoms with Crippen molar-refractivity contribution in [3.63, 3.8) is 0 Å². The normalized spacial score (nSPS) is 10.3. The molecule has 98 valence electrons. The second-order valence-corrected chi connectivity index (χ2v) is 4.26. The van der Waals surface area contributed by atoms with E-state index in [0.29, 0.717) is 10.6 Å². The molecule has 0 aromatic heterocycles. The van der Waals surface area contributed by atoms with Gasteiger partial charge in [0, 0.05) is 28.8 Å². The van der Waals surface area contributed by atoms with Crippen molar-refractivity contribution in [1.29, 1.82) is 0 Å². The molecule has 0 atom stereocenters. The standard InChI is InChI=1S/C14H9ClF2O2/c15-10-3-1-9(2-4-10)14(18)8-19-13-6-11(16)5-12(17)7-13/h1-7H,8H2. The first-order valence-corrected chi connectivity index (χ1v) is 5.80. The van der Waals surface area contributed by atoms with Gasteiger partial charge in [-0.25, -0.2) is 8.78 Å². The van der Waals surface area contributed by atoms with Gasteiger partial charge in [0.2, 0.25) is 0 Å². The Bertz CT molecular complexity index is 577. The fraction of sp³-hybridized carbons (Fsp3) is 0.0714. The van der Waals surface area contributed by atoms with Crippen LogP contribution in [0.1, 0.15) is 10.4 Å². The number of carbonyl (C=O) groups is 1. The SMILES string of the molecule is O=C(COc1cc(F)cc(F)c1)c1ccc(Cl)cc1. The molecule has 2 aromatic rings. The smallest absolute Gasteiger partial charge is 0.200 e. The Morgan fingerprint density at radius 1 is 1.05 bits per heavy atom. The summed E-state index contributed by atoms with van der Waals surface area (Å²) < 4.78 is 30.9. The van der Waals surface area contributed by atoms with Crippen molar-refractivity contribution in [2.45, 2.75) is 0 Å². The summed E-state index contributed by atoms with van der Waals surface area (Å²) in [5.41, 5.74) is 0.418. The molecule has 0 aliphatic carbocycles. The number of Topliss-reactive ketones (excluding diaryl/α,β-unsaturated/α-hetero) is 1. The van der Waals surface area contributed by atoms with Crippen LogP contribution in [0.2, 0.25) is 5.02 Å². The quantitative estimate of drug-likeness (QED) is 0.796. The highest BCUT2D eigenvalue weighted by Crippen LogP contribution is 2.16. The van der Waals surface area contributed by atoms with Gasteiger partial charge in [0.1, 0.15) is 17.4 Å². The van der Waals surface area contributed by atoms with Crippen molar-refractivity contribution in [3.05, 3.63) is 64.7 Å². The molecule has 0 aliphatic heterocycles. The molecule has 5 heteroatoms. The molecule has 0 unspecified atom stereocenters. The molecule has 0 bridgehead atoms. The molecular formula is C14H9ClF2O2. The molecular weight excluding hydrogens is 274 g/mol. The summed E-state index contributed by atoms with van der Waals surface area (Å²) >= 11 is 5.70. The van der Waals surface area contributed by atoms with E-state index in [0.717, 1.165) is 18.2 Å². The topological polar surface area (TPSA) is 26.3 Å². The van der Waals surface area contributed by atoms with Gasteiger partial charge in [-0.1, -0.05) is 11.6 Å². The van der Waals surface area contributed by atoms with E-state index < -0.39 is 11.6 Å². The molecule has 0 radical (unpaired) electrons. The van der Waals surface area contributed by atoms with Crippen LogP contribution in [0.4, 0.5) is 8.78 Å². The maximum atomic E-state index is 12.9. The average Bonchev–Trinajstić information content (AvgIpc) is 2.36. The molecule has 0 N–H and O–H groups in total. The van der Waals surface area contributed by atoms with Gasteiger partial charge < -0.3 is 4.74 Å². The van der Waals surface area contributed by atoms with Gasteiger partial charge in [-0.05, 0) is 24.3 Å². The van der Waals surface area contributed by atoms with Crippen LogP contribution in [-0.4, -0.2) is 12.4 Å². The molecule has 0 fully saturated rings. The zero-order valence-electron chi connectivity index (χ0n) is 9.70. The Kier molecular flexibility index (Phi) is 4.12. The van der Waals surface area contributed by atoms with Gasteiger partial charge >= 0.3 is 0 Å². The number of rotatable bonds is 4. The molecule has 0 saturated heterocycles.